The lowest BCUT2D eigenvalue weighted by Gasteiger charge is -2.41. The highest BCUT2D eigenvalue weighted by Gasteiger charge is 2.24. The number of piperazine rings is 1. The lowest BCUT2D eigenvalue weighted by molar-refractivity contribution is -0.385. The first-order chi connectivity index (χ1) is 14.0. The van der Waals surface area contributed by atoms with Crippen LogP contribution >= 0.6 is 0 Å². The van der Waals surface area contributed by atoms with E-state index in [1.54, 1.807) is 30.3 Å². The molecule has 0 N–H and O–H groups in total. The molecule has 2 aromatic rings. The zero-order valence-electron chi connectivity index (χ0n) is 16.6. The Morgan fingerprint density at radius 3 is 2.55 bits per heavy atom. The molecule has 3 rings (SSSR count). The van der Waals surface area contributed by atoms with Gasteiger partial charge in [-0.15, -0.1) is 0 Å². The molecule has 0 spiro atoms. The zero-order valence-corrected chi connectivity index (χ0v) is 16.6. The molecule has 0 aliphatic carbocycles. The summed E-state index contributed by atoms with van der Waals surface area (Å²) in [6.07, 6.45) is 0. The maximum absolute atomic E-state index is 11.6. The maximum atomic E-state index is 11.6. The number of nitro benzene ring substituents is 1. The van der Waals surface area contributed by atoms with Gasteiger partial charge in [0.25, 0.3) is 0 Å². The average molecular weight is 399 g/mol. The average Bonchev–Trinajstić information content (AvgIpc) is 2.74. The molecule has 1 aliphatic rings. The lowest BCUT2D eigenvalue weighted by Crippen LogP contribution is -2.52. The van der Waals surface area contributed by atoms with Crippen LogP contribution in [0, 0.1) is 10.1 Å². The van der Waals surface area contributed by atoms with E-state index in [0.717, 1.165) is 25.3 Å². The Morgan fingerprint density at radius 2 is 1.90 bits per heavy atom. The maximum Gasteiger partial charge on any atom is 0.337 e. The molecule has 154 valence electrons. The van der Waals surface area contributed by atoms with E-state index in [0.29, 0.717) is 30.5 Å². The second kappa shape index (κ2) is 9.38. The zero-order chi connectivity index (χ0) is 20.8. The third-order valence-corrected chi connectivity index (χ3v) is 5.12. The van der Waals surface area contributed by atoms with Gasteiger partial charge < -0.3 is 14.4 Å². The smallest absolute Gasteiger partial charge is 0.337 e. The Kier molecular flexibility index (Phi) is 6.66. The summed E-state index contributed by atoms with van der Waals surface area (Å²) in [5, 5.41) is 11.1. The summed E-state index contributed by atoms with van der Waals surface area (Å²) in [4.78, 5) is 26.8. The van der Waals surface area contributed by atoms with Gasteiger partial charge in [0.15, 0.2) is 5.75 Å². The van der Waals surface area contributed by atoms with Gasteiger partial charge in [0.2, 0.25) is 0 Å². The molecular formula is C21H25N3O5. The van der Waals surface area contributed by atoms with Gasteiger partial charge in [0.05, 0.1) is 17.6 Å². The first-order valence-corrected chi connectivity index (χ1v) is 9.53. The predicted octanol–water partition coefficient (Wildman–Crippen LogP) is 2.97. The van der Waals surface area contributed by atoms with Crippen molar-refractivity contribution in [3.8, 4) is 5.75 Å². The van der Waals surface area contributed by atoms with E-state index in [1.807, 2.05) is 12.1 Å². The number of hydrogen-bond donors (Lipinski definition) is 0. The molecule has 1 heterocycles. The van der Waals surface area contributed by atoms with Crippen molar-refractivity contribution in [2.24, 2.45) is 0 Å². The number of benzene rings is 2. The number of carbonyl (C=O) groups is 1. The minimum atomic E-state index is -0.428. The van der Waals surface area contributed by atoms with Gasteiger partial charge in [-0.3, -0.25) is 15.0 Å². The lowest BCUT2D eigenvalue weighted by atomic mass is 10.1. The van der Waals surface area contributed by atoms with Crippen molar-refractivity contribution in [3.05, 3.63) is 64.2 Å². The molecule has 0 saturated carbocycles. The van der Waals surface area contributed by atoms with Crippen molar-refractivity contribution in [2.45, 2.75) is 13.0 Å². The molecule has 8 heteroatoms. The van der Waals surface area contributed by atoms with E-state index in [4.69, 9.17) is 9.47 Å². The Morgan fingerprint density at radius 1 is 1.17 bits per heavy atom. The first-order valence-electron chi connectivity index (χ1n) is 9.53. The molecule has 0 bridgehead atoms. The third-order valence-electron chi connectivity index (χ3n) is 5.12. The number of ether oxygens (including phenoxy) is 2. The first kappa shape index (κ1) is 20.6. The normalized spacial score (nSPS) is 17.0. The number of carbonyl (C=O) groups excluding carboxylic acids is 1. The quantitative estimate of drug-likeness (QED) is 0.402. The van der Waals surface area contributed by atoms with Crippen LogP contribution in [-0.2, 0) is 4.74 Å². The largest absolute Gasteiger partial charge is 0.485 e. The SMILES string of the molecule is COC(=O)c1ccc(N2CCN(CCOc3ccccc3[N+](=O)[O-])C(C)C2)cc1. The van der Waals surface area contributed by atoms with Crippen molar-refractivity contribution in [3.63, 3.8) is 0 Å². The van der Waals surface area contributed by atoms with Gasteiger partial charge in [-0.05, 0) is 37.3 Å². The van der Waals surface area contributed by atoms with Crippen LogP contribution < -0.4 is 9.64 Å². The van der Waals surface area contributed by atoms with E-state index in [2.05, 4.69) is 16.7 Å². The van der Waals surface area contributed by atoms with Crippen LogP contribution in [0.3, 0.4) is 0 Å². The van der Waals surface area contributed by atoms with Gasteiger partial charge in [-0.1, -0.05) is 12.1 Å². The van der Waals surface area contributed by atoms with E-state index >= 15 is 0 Å². The van der Waals surface area contributed by atoms with Gasteiger partial charge >= 0.3 is 11.7 Å². The summed E-state index contributed by atoms with van der Waals surface area (Å²) in [6.45, 7) is 5.81. The number of nitro groups is 1. The van der Waals surface area contributed by atoms with Crippen LogP contribution in [0.2, 0.25) is 0 Å². The van der Waals surface area contributed by atoms with Crippen molar-refractivity contribution >= 4 is 17.3 Å². The summed E-state index contributed by atoms with van der Waals surface area (Å²) in [7, 11) is 1.37. The second-order valence-corrected chi connectivity index (χ2v) is 6.94. The Balaban J connectivity index is 1.51. The molecule has 0 radical (unpaired) electrons. The number of methoxy groups -OCH3 is 1. The minimum absolute atomic E-state index is 0.0132. The monoisotopic (exact) mass is 399 g/mol. The van der Waals surface area contributed by atoms with Crippen molar-refractivity contribution in [2.75, 3.05) is 44.8 Å². The van der Waals surface area contributed by atoms with Gasteiger partial charge in [0, 0.05) is 44.0 Å². The molecule has 29 heavy (non-hydrogen) atoms. The number of anilines is 1. The van der Waals surface area contributed by atoms with E-state index in [1.165, 1.54) is 13.2 Å². The number of rotatable bonds is 7. The predicted molar refractivity (Wildman–Crippen MR) is 110 cm³/mol. The molecule has 1 unspecified atom stereocenters. The molecule has 1 saturated heterocycles. The molecule has 1 aliphatic heterocycles. The van der Waals surface area contributed by atoms with E-state index < -0.39 is 4.92 Å². The van der Waals surface area contributed by atoms with Crippen LogP contribution in [0.25, 0.3) is 0 Å². The van der Waals surface area contributed by atoms with Gasteiger partial charge in [-0.25, -0.2) is 4.79 Å². The fraction of sp³-hybridized carbons (Fsp3) is 0.381. The second-order valence-electron chi connectivity index (χ2n) is 6.94. The Bertz CT molecular complexity index is 856. The molecule has 8 nitrogen and oxygen atoms in total. The van der Waals surface area contributed by atoms with E-state index in [-0.39, 0.29) is 11.7 Å². The highest BCUT2D eigenvalue weighted by molar-refractivity contribution is 5.89. The third kappa shape index (κ3) is 5.03. The highest BCUT2D eigenvalue weighted by Crippen LogP contribution is 2.26. The van der Waals surface area contributed by atoms with Gasteiger partial charge in [0.1, 0.15) is 6.61 Å². The fourth-order valence-electron chi connectivity index (χ4n) is 3.49. The molecule has 0 amide bonds. The number of nitrogens with zero attached hydrogens (tertiary/aromatic N) is 3. The number of esters is 1. The summed E-state index contributed by atoms with van der Waals surface area (Å²) in [5.74, 6) is -0.0390. The minimum Gasteiger partial charge on any atom is -0.485 e. The molecule has 1 atom stereocenters. The Labute approximate surface area is 169 Å². The van der Waals surface area contributed by atoms with E-state index in [9.17, 15) is 14.9 Å². The fourth-order valence-corrected chi connectivity index (χ4v) is 3.49. The van der Waals surface area contributed by atoms with Crippen molar-refractivity contribution in [1.82, 2.24) is 4.90 Å². The molecule has 2 aromatic carbocycles. The summed E-state index contributed by atoms with van der Waals surface area (Å²) < 4.78 is 10.4. The topological polar surface area (TPSA) is 85.2 Å². The standard InChI is InChI=1S/C21H25N3O5/c1-16-15-23(18-9-7-17(8-10-18)21(25)28-2)12-11-22(16)13-14-29-20-6-4-3-5-19(20)24(26)27/h3-10,16H,11-15H2,1-2H3. The number of hydrogen-bond acceptors (Lipinski definition) is 7. The molecule has 1 fully saturated rings. The van der Waals surface area contributed by atoms with Crippen LogP contribution in [0.15, 0.2) is 48.5 Å². The molecule has 0 aromatic heterocycles. The van der Waals surface area contributed by atoms with Crippen LogP contribution in [0.5, 0.6) is 5.75 Å². The van der Waals surface area contributed by atoms with Gasteiger partial charge in [-0.2, -0.15) is 0 Å². The summed E-state index contributed by atoms with van der Waals surface area (Å²) >= 11 is 0. The number of para-hydroxylation sites is 2. The van der Waals surface area contributed by atoms with Crippen molar-refractivity contribution in [1.29, 1.82) is 0 Å². The summed E-state index contributed by atoms with van der Waals surface area (Å²) in [6, 6.07) is 14.2. The Hall–Kier alpha value is -3.13. The van der Waals surface area contributed by atoms with Crippen LogP contribution in [0.4, 0.5) is 11.4 Å². The van der Waals surface area contributed by atoms with Crippen LogP contribution in [0.1, 0.15) is 17.3 Å². The highest BCUT2D eigenvalue weighted by atomic mass is 16.6. The molecular weight excluding hydrogens is 374 g/mol. The summed E-state index contributed by atoms with van der Waals surface area (Å²) in [5.41, 5.74) is 1.59. The van der Waals surface area contributed by atoms with Crippen molar-refractivity contribution < 1.29 is 19.2 Å². The van der Waals surface area contributed by atoms with Crippen LogP contribution in [-0.4, -0.2) is 61.7 Å².